The number of piperazine rings is 1. The van der Waals surface area contributed by atoms with Gasteiger partial charge in [0.15, 0.2) is 5.75 Å². The first-order valence-electron chi connectivity index (χ1n) is 8.32. The highest BCUT2D eigenvalue weighted by molar-refractivity contribution is 5.70. The summed E-state index contributed by atoms with van der Waals surface area (Å²) in [5.41, 5.74) is 1.85. The van der Waals surface area contributed by atoms with E-state index in [0.717, 1.165) is 26.2 Å². The van der Waals surface area contributed by atoms with E-state index in [1.165, 1.54) is 12.7 Å². The number of hydrogen-bond acceptors (Lipinski definition) is 6. The molecule has 1 fully saturated rings. The van der Waals surface area contributed by atoms with Crippen LogP contribution in [0.1, 0.15) is 18.5 Å². The zero-order valence-electron chi connectivity index (χ0n) is 14.5. The molecule has 1 aromatic heterocycles. The predicted molar refractivity (Wildman–Crippen MR) is 96.1 cm³/mol. The maximum Gasteiger partial charge on any atom is 0.333 e. The Balaban J connectivity index is 1.74. The molecule has 0 bridgehead atoms. The third kappa shape index (κ3) is 3.56. The fraction of sp³-hybridized carbons (Fsp3) is 0.389. The SMILES string of the molecule is COc1cccc(N2CCN([C@@H](C)c3cccnc3)CC2)c1[N+](=O)[O-]. The summed E-state index contributed by atoms with van der Waals surface area (Å²) in [7, 11) is 1.46. The summed E-state index contributed by atoms with van der Waals surface area (Å²) in [6.07, 6.45) is 3.67. The molecule has 7 heteroatoms. The highest BCUT2D eigenvalue weighted by atomic mass is 16.6. The van der Waals surface area contributed by atoms with E-state index in [-0.39, 0.29) is 16.7 Å². The van der Waals surface area contributed by atoms with Crippen molar-refractivity contribution in [2.75, 3.05) is 38.2 Å². The number of nitro benzene ring substituents is 1. The van der Waals surface area contributed by atoms with Crippen LogP contribution in [0.25, 0.3) is 0 Å². The van der Waals surface area contributed by atoms with Gasteiger partial charge in [-0.15, -0.1) is 0 Å². The Morgan fingerprint density at radius 3 is 2.56 bits per heavy atom. The highest BCUT2D eigenvalue weighted by Gasteiger charge is 2.28. The molecule has 25 heavy (non-hydrogen) atoms. The number of rotatable bonds is 5. The summed E-state index contributed by atoms with van der Waals surface area (Å²) in [5, 5.41) is 11.5. The van der Waals surface area contributed by atoms with Crippen molar-refractivity contribution >= 4 is 11.4 Å². The molecule has 7 nitrogen and oxygen atoms in total. The number of aromatic nitrogens is 1. The van der Waals surface area contributed by atoms with Crippen molar-refractivity contribution in [2.24, 2.45) is 0 Å². The molecule has 0 N–H and O–H groups in total. The zero-order valence-corrected chi connectivity index (χ0v) is 14.5. The lowest BCUT2D eigenvalue weighted by Crippen LogP contribution is -2.47. The molecular weight excluding hydrogens is 320 g/mol. The van der Waals surface area contributed by atoms with Crippen LogP contribution in [0.5, 0.6) is 5.75 Å². The van der Waals surface area contributed by atoms with Crippen molar-refractivity contribution in [1.82, 2.24) is 9.88 Å². The molecule has 0 amide bonds. The molecule has 0 spiro atoms. The van der Waals surface area contributed by atoms with Gasteiger partial charge in [0.05, 0.1) is 12.0 Å². The quantitative estimate of drug-likeness (QED) is 0.614. The van der Waals surface area contributed by atoms with Crippen molar-refractivity contribution in [3.05, 3.63) is 58.4 Å². The molecule has 1 aliphatic heterocycles. The molecular formula is C18H22N4O3. The van der Waals surface area contributed by atoms with Gasteiger partial charge in [-0.2, -0.15) is 0 Å². The Morgan fingerprint density at radius 1 is 1.20 bits per heavy atom. The summed E-state index contributed by atoms with van der Waals surface area (Å²) in [5.74, 6) is 0.300. The van der Waals surface area contributed by atoms with Crippen molar-refractivity contribution in [3.63, 3.8) is 0 Å². The fourth-order valence-electron chi connectivity index (χ4n) is 3.30. The number of ether oxygens (including phenoxy) is 1. The first-order chi connectivity index (χ1) is 12.1. The van der Waals surface area contributed by atoms with Crippen molar-refractivity contribution < 1.29 is 9.66 Å². The Morgan fingerprint density at radius 2 is 1.96 bits per heavy atom. The number of pyridine rings is 1. The zero-order chi connectivity index (χ0) is 17.8. The molecule has 132 valence electrons. The topological polar surface area (TPSA) is 71.7 Å². The molecule has 0 aliphatic carbocycles. The molecule has 3 rings (SSSR count). The van der Waals surface area contributed by atoms with Crippen LogP contribution in [0.15, 0.2) is 42.7 Å². The third-order valence-electron chi connectivity index (χ3n) is 4.75. The lowest BCUT2D eigenvalue weighted by atomic mass is 10.1. The molecule has 2 heterocycles. The second kappa shape index (κ2) is 7.48. The minimum Gasteiger partial charge on any atom is -0.490 e. The molecule has 1 aromatic carbocycles. The number of nitrogens with zero attached hydrogens (tertiary/aromatic N) is 4. The van der Waals surface area contributed by atoms with Gasteiger partial charge in [0, 0.05) is 44.6 Å². The lowest BCUT2D eigenvalue weighted by Gasteiger charge is -2.39. The normalized spacial score (nSPS) is 16.5. The Hall–Kier alpha value is -2.67. The highest BCUT2D eigenvalue weighted by Crippen LogP contribution is 2.37. The number of hydrogen-bond donors (Lipinski definition) is 0. The van der Waals surface area contributed by atoms with Crippen LogP contribution in [0.2, 0.25) is 0 Å². The van der Waals surface area contributed by atoms with Gasteiger partial charge in [-0.1, -0.05) is 12.1 Å². The van der Waals surface area contributed by atoms with E-state index in [2.05, 4.69) is 27.8 Å². The van der Waals surface area contributed by atoms with Gasteiger partial charge < -0.3 is 9.64 Å². The van der Waals surface area contributed by atoms with Gasteiger partial charge in [-0.05, 0) is 30.7 Å². The van der Waals surface area contributed by atoms with Gasteiger partial charge in [0.25, 0.3) is 0 Å². The summed E-state index contributed by atoms with van der Waals surface area (Å²) >= 11 is 0. The second-order valence-corrected chi connectivity index (χ2v) is 6.07. The van der Waals surface area contributed by atoms with Crippen LogP contribution < -0.4 is 9.64 Å². The van der Waals surface area contributed by atoms with Gasteiger partial charge in [-0.3, -0.25) is 20.0 Å². The van der Waals surface area contributed by atoms with E-state index in [0.29, 0.717) is 11.4 Å². The van der Waals surface area contributed by atoms with Crippen LogP contribution in [-0.4, -0.2) is 48.1 Å². The molecule has 0 unspecified atom stereocenters. The standard InChI is InChI=1S/C18H22N4O3/c1-14(15-5-4-8-19-13-15)20-9-11-21(12-10-20)16-6-3-7-17(25-2)18(16)22(23)24/h3-8,13-14H,9-12H2,1-2H3/t14-/m0/s1. The molecule has 0 saturated carbocycles. The molecule has 1 atom stereocenters. The predicted octanol–water partition coefficient (Wildman–Crippen LogP) is 2.88. The van der Waals surface area contributed by atoms with Crippen molar-refractivity contribution in [2.45, 2.75) is 13.0 Å². The summed E-state index contributed by atoms with van der Waals surface area (Å²) in [6.45, 7) is 5.31. The number of para-hydroxylation sites is 1. The van der Waals surface area contributed by atoms with Crippen LogP contribution in [-0.2, 0) is 0 Å². The summed E-state index contributed by atoms with van der Waals surface area (Å²) < 4.78 is 5.17. The van der Waals surface area contributed by atoms with E-state index >= 15 is 0 Å². The molecule has 0 radical (unpaired) electrons. The van der Waals surface area contributed by atoms with Crippen LogP contribution in [0.4, 0.5) is 11.4 Å². The maximum absolute atomic E-state index is 11.5. The van der Waals surface area contributed by atoms with Crippen molar-refractivity contribution in [1.29, 1.82) is 0 Å². The van der Waals surface area contributed by atoms with E-state index in [1.54, 1.807) is 24.4 Å². The number of anilines is 1. The minimum atomic E-state index is -0.362. The van der Waals surface area contributed by atoms with E-state index in [9.17, 15) is 10.1 Å². The number of nitro groups is 1. The lowest BCUT2D eigenvalue weighted by molar-refractivity contribution is -0.385. The third-order valence-corrected chi connectivity index (χ3v) is 4.75. The van der Waals surface area contributed by atoms with Crippen LogP contribution in [0.3, 0.4) is 0 Å². The van der Waals surface area contributed by atoms with E-state index < -0.39 is 0 Å². The van der Waals surface area contributed by atoms with Crippen molar-refractivity contribution in [3.8, 4) is 5.75 Å². The van der Waals surface area contributed by atoms with Gasteiger partial charge in [0.1, 0.15) is 5.69 Å². The first kappa shape index (κ1) is 17.2. The Kier molecular flexibility index (Phi) is 5.14. The monoisotopic (exact) mass is 342 g/mol. The van der Waals surface area contributed by atoms with Gasteiger partial charge in [-0.25, -0.2) is 0 Å². The average molecular weight is 342 g/mol. The van der Waals surface area contributed by atoms with E-state index in [4.69, 9.17) is 4.74 Å². The van der Waals surface area contributed by atoms with Gasteiger partial charge >= 0.3 is 5.69 Å². The average Bonchev–Trinajstić information content (AvgIpc) is 2.67. The number of benzene rings is 1. The molecule has 1 aliphatic rings. The first-order valence-corrected chi connectivity index (χ1v) is 8.32. The Bertz CT molecular complexity index is 730. The minimum absolute atomic E-state index is 0.0405. The Labute approximate surface area is 147 Å². The second-order valence-electron chi connectivity index (χ2n) is 6.07. The molecule has 2 aromatic rings. The largest absolute Gasteiger partial charge is 0.490 e. The van der Waals surface area contributed by atoms with Crippen LogP contribution in [0, 0.1) is 10.1 Å². The fourth-order valence-corrected chi connectivity index (χ4v) is 3.30. The smallest absolute Gasteiger partial charge is 0.333 e. The summed E-state index contributed by atoms with van der Waals surface area (Å²) in [6, 6.07) is 9.52. The summed E-state index contributed by atoms with van der Waals surface area (Å²) in [4.78, 5) is 19.7. The molecule has 1 saturated heterocycles. The van der Waals surface area contributed by atoms with E-state index in [1.807, 2.05) is 12.3 Å². The maximum atomic E-state index is 11.5. The van der Waals surface area contributed by atoms with Crippen LogP contribution >= 0.6 is 0 Å². The number of methoxy groups -OCH3 is 1. The van der Waals surface area contributed by atoms with Gasteiger partial charge in [0.2, 0.25) is 0 Å².